The Kier molecular flexibility index (Phi) is 3.64. The molecule has 1 aliphatic carbocycles. The number of hydrogen-bond donors (Lipinski definition) is 2. The standard InChI is InChI=1S/C19H26N4O/c1-19(2,3)18-9-16(21-22-18)15-8-17(23-7-6-13(24)11-23)14(10-20-15)12-4-5-12/h8-10,12-13,24H,4-7,11H2,1-3H3,(H,21,22). The first-order valence-electron chi connectivity index (χ1n) is 8.91. The first-order chi connectivity index (χ1) is 11.4. The van der Waals surface area contributed by atoms with Crippen LogP contribution in [-0.4, -0.2) is 39.5 Å². The molecule has 24 heavy (non-hydrogen) atoms. The molecular weight excluding hydrogens is 300 g/mol. The van der Waals surface area contributed by atoms with E-state index in [9.17, 15) is 5.11 Å². The Bertz CT molecular complexity index is 742. The molecule has 1 saturated carbocycles. The summed E-state index contributed by atoms with van der Waals surface area (Å²) >= 11 is 0. The fourth-order valence-electron chi connectivity index (χ4n) is 3.38. The van der Waals surface area contributed by atoms with Crippen LogP contribution in [0.2, 0.25) is 0 Å². The van der Waals surface area contributed by atoms with Crippen molar-refractivity contribution in [2.45, 2.75) is 57.5 Å². The summed E-state index contributed by atoms with van der Waals surface area (Å²) in [4.78, 5) is 6.99. The van der Waals surface area contributed by atoms with E-state index in [2.05, 4.69) is 53.0 Å². The van der Waals surface area contributed by atoms with Gasteiger partial charge in [-0.1, -0.05) is 20.8 Å². The smallest absolute Gasteiger partial charge is 0.111 e. The Morgan fingerprint density at radius 2 is 1.96 bits per heavy atom. The first kappa shape index (κ1) is 15.6. The Balaban J connectivity index is 1.70. The minimum absolute atomic E-state index is 0.0428. The Morgan fingerprint density at radius 1 is 1.17 bits per heavy atom. The van der Waals surface area contributed by atoms with Gasteiger partial charge in [-0.25, -0.2) is 0 Å². The number of H-pyrrole nitrogens is 1. The van der Waals surface area contributed by atoms with Crippen molar-refractivity contribution >= 4 is 5.69 Å². The van der Waals surface area contributed by atoms with Crippen LogP contribution in [0.3, 0.4) is 0 Å². The molecule has 0 radical (unpaired) electrons. The molecule has 0 bridgehead atoms. The summed E-state index contributed by atoms with van der Waals surface area (Å²) in [6, 6.07) is 4.26. The van der Waals surface area contributed by atoms with Crippen molar-refractivity contribution in [1.29, 1.82) is 0 Å². The van der Waals surface area contributed by atoms with Crippen molar-refractivity contribution in [2.24, 2.45) is 0 Å². The van der Waals surface area contributed by atoms with Crippen LogP contribution >= 0.6 is 0 Å². The third kappa shape index (κ3) is 2.93. The van der Waals surface area contributed by atoms with E-state index in [0.717, 1.165) is 36.6 Å². The predicted molar refractivity (Wildman–Crippen MR) is 95.3 cm³/mol. The van der Waals surface area contributed by atoms with Gasteiger partial charge in [-0.15, -0.1) is 0 Å². The van der Waals surface area contributed by atoms with Gasteiger partial charge in [0, 0.05) is 36.1 Å². The van der Waals surface area contributed by atoms with E-state index in [1.807, 2.05) is 6.20 Å². The van der Waals surface area contributed by atoms with Gasteiger partial charge in [0.2, 0.25) is 0 Å². The van der Waals surface area contributed by atoms with E-state index >= 15 is 0 Å². The number of anilines is 1. The molecule has 0 aromatic carbocycles. The predicted octanol–water partition coefficient (Wildman–Crippen LogP) is 3.22. The molecule has 2 aromatic rings. The van der Waals surface area contributed by atoms with Crippen LogP contribution < -0.4 is 4.90 Å². The lowest BCUT2D eigenvalue weighted by Crippen LogP contribution is -2.22. The molecule has 2 N–H and O–H groups in total. The molecule has 0 amide bonds. The number of aliphatic hydroxyl groups is 1. The maximum absolute atomic E-state index is 9.91. The second-order valence-corrected chi connectivity index (χ2v) is 8.21. The molecule has 4 rings (SSSR count). The highest BCUT2D eigenvalue weighted by Crippen LogP contribution is 2.45. The summed E-state index contributed by atoms with van der Waals surface area (Å²) in [7, 11) is 0. The third-order valence-corrected chi connectivity index (χ3v) is 5.08. The lowest BCUT2D eigenvalue weighted by molar-refractivity contribution is 0.198. The highest BCUT2D eigenvalue weighted by atomic mass is 16.3. The van der Waals surface area contributed by atoms with Gasteiger partial charge in [-0.05, 0) is 42.9 Å². The Hall–Kier alpha value is -1.88. The van der Waals surface area contributed by atoms with Gasteiger partial charge < -0.3 is 10.0 Å². The first-order valence-corrected chi connectivity index (χ1v) is 8.91. The van der Waals surface area contributed by atoms with Gasteiger partial charge in [0.15, 0.2) is 0 Å². The van der Waals surface area contributed by atoms with Gasteiger partial charge in [0.1, 0.15) is 5.69 Å². The number of hydrogen-bond acceptors (Lipinski definition) is 4. The quantitative estimate of drug-likeness (QED) is 0.909. The fraction of sp³-hybridized carbons (Fsp3) is 0.579. The van der Waals surface area contributed by atoms with E-state index in [4.69, 9.17) is 0 Å². The van der Waals surface area contributed by atoms with E-state index in [1.54, 1.807) is 0 Å². The largest absolute Gasteiger partial charge is 0.391 e. The zero-order chi connectivity index (χ0) is 16.9. The van der Waals surface area contributed by atoms with Gasteiger partial charge in [0.25, 0.3) is 0 Å². The lowest BCUT2D eigenvalue weighted by Gasteiger charge is -2.22. The molecule has 3 heterocycles. The van der Waals surface area contributed by atoms with Gasteiger partial charge in [0.05, 0.1) is 11.8 Å². The number of aromatic amines is 1. The van der Waals surface area contributed by atoms with Crippen LogP contribution in [0.4, 0.5) is 5.69 Å². The molecule has 2 aromatic heterocycles. The summed E-state index contributed by atoms with van der Waals surface area (Å²) in [5.41, 5.74) is 5.52. The van der Waals surface area contributed by atoms with Crippen molar-refractivity contribution < 1.29 is 5.11 Å². The number of aromatic nitrogens is 3. The number of pyridine rings is 1. The van der Waals surface area contributed by atoms with Gasteiger partial charge in [-0.2, -0.15) is 5.10 Å². The minimum Gasteiger partial charge on any atom is -0.391 e. The van der Waals surface area contributed by atoms with E-state index < -0.39 is 0 Å². The average Bonchev–Trinajstić information content (AvgIpc) is 3.07. The Labute approximate surface area is 143 Å². The molecule has 1 saturated heterocycles. The second-order valence-electron chi connectivity index (χ2n) is 8.21. The second kappa shape index (κ2) is 5.59. The molecule has 1 aliphatic heterocycles. The SMILES string of the molecule is CC(C)(C)c1cc(-c2cc(N3CCC(O)C3)c(C3CC3)cn2)n[nH]1. The van der Waals surface area contributed by atoms with Gasteiger partial charge in [-0.3, -0.25) is 10.1 Å². The maximum atomic E-state index is 9.91. The lowest BCUT2D eigenvalue weighted by atomic mass is 9.92. The van der Waals surface area contributed by atoms with Crippen LogP contribution in [0.25, 0.3) is 11.4 Å². The van der Waals surface area contributed by atoms with Crippen molar-refractivity contribution in [3.8, 4) is 11.4 Å². The summed E-state index contributed by atoms with van der Waals surface area (Å²) in [6.07, 6.45) is 5.16. The van der Waals surface area contributed by atoms with E-state index in [0.29, 0.717) is 5.92 Å². The molecule has 1 atom stereocenters. The average molecular weight is 326 g/mol. The monoisotopic (exact) mass is 326 g/mol. The van der Waals surface area contributed by atoms with Crippen molar-refractivity contribution in [3.05, 3.63) is 29.6 Å². The van der Waals surface area contributed by atoms with Crippen molar-refractivity contribution in [2.75, 3.05) is 18.0 Å². The number of rotatable bonds is 3. The molecule has 5 nitrogen and oxygen atoms in total. The zero-order valence-corrected chi connectivity index (χ0v) is 14.7. The van der Waals surface area contributed by atoms with E-state index in [-0.39, 0.29) is 11.5 Å². The number of β-amino-alcohol motifs (C(OH)–C–C–N with tert-alkyl or cyclic N) is 1. The number of nitrogens with one attached hydrogen (secondary N) is 1. The van der Waals surface area contributed by atoms with Crippen LogP contribution in [0.15, 0.2) is 18.3 Å². The molecule has 0 spiro atoms. The fourth-order valence-corrected chi connectivity index (χ4v) is 3.38. The van der Waals surface area contributed by atoms with Crippen LogP contribution in [0.1, 0.15) is 57.2 Å². The molecule has 1 unspecified atom stereocenters. The summed E-state index contributed by atoms with van der Waals surface area (Å²) in [5, 5.41) is 17.5. The topological polar surface area (TPSA) is 65.0 Å². The van der Waals surface area contributed by atoms with Crippen molar-refractivity contribution in [1.82, 2.24) is 15.2 Å². The van der Waals surface area contributed by atoms with Crippen LogP contribution in [-0.2, 0) is 5.41 Å². The van der Waals surface area contributed by atoms with Crippen molar-refractivity contribution in [3.63, 3.8) is 0 Å². The highest BCUT2D eigenvalue weighted by Gasteiger charge is 2.31. The zero-order valence-electron chi connectivity index (χ0n) is 14.7. The normalized spacial score (nSPS) is 21.5. The summed E-state index contributed by atoms with van der Waals surface area (Å²) in [5.74, 6) is 0.642. The molecule has 128 valence electrons. The Morgan fingerprint density at radius 3 is 2.54 bits per heavy atom. The van der Waals surface area contributed by atoms with Crippen LogP contribution in [0.5, 0.6) is 0 Å². The number of aliphatic hydroxyl groups excluding tert-OH is 1. The van der Waals surface area contributed by atoms with E-state index in [1.165, 1.54) is 24.1 Å². The number of nitrogens with zero attached hydrogens (tertiary/aromatic N) is 3. The molecule has 5 heteroatoms. The highest BCUT2D eigenvalue weighted by molar-refractivity contribution is 5.66. The molecular formula is C19H26N4O. The molecule has 2 fully saturated rings. The summed E-state index contributed by atoms with van der Waals surface area (Å²) < 4.78 is 0. The minimum atomic E-state index is -0.216. The third-order valence-electron chi connectivity index (χ3n) is 5.08. The van der Waals surface area contributed by atoms with Gasteiger partial charge >= 0.3 is 0 Å². The van der Waals surface area contributed by atoms with Crippen LogP contribution in [0, 0.1) is 0 Å². The maximum Gasteiger partial charge on any atom is 0.111 e. The summed E-state index contributed by atoms with van der Waals surface area (Å²) in [6.45, 7) is 8.15. The molecule has 2 aliphatic rings.